The molecule has 1 N–H and O–H groups in total. The summed E-state index contributed by atoms with van der Waals surface area (Å²) in [4.78, 5) is 50.6. The van der Waals surface area contributed by atoms with Crippen molar-refractivity contribution in [2.75, 3.05) is 19.6 Å². The molecule has 0 aliphatic carbocycles. The fraction of sp³-hybridized carbons (Fsp3) is 0.231. The predicted molar refractivity (Wildman–Crippen MR) is 82.1 cm³/mol. The minimum absolute atomic E-state index is 0.249. The quantitative estimate of drug-likeness (QED) is 0.841. The molecule has 1 aromatic rings. The standard InChI is InChI=1S/C13H11N3O4S2/c17-10(15-4-3-14-12(15)19)7-16-11(18)9(22-13(16)20)6-8-2-1-5-21-8/h1-2,5-6H,3-4,7H2,(H,14,19)/b9-6-. The predicted octanol–water partition coefficient (Wildman–Crippen LogP) is 1.34. The Bertz CT molecular complexity index is 683. The van der Waals surface area contributed by atoms with Gasteiger partial charge in [-0.3, -0.25) is 24.2 Å². The molecule has 0 saturated carbocycles. The largest absolute Gasteiger partial charge is 0.336 e. The number of amides is 5. The zero-order valence-corrected chi connectivity index (χ0v) is 12.9. The molecule has 0 bridgehead atoms. The van der Waals surface area contributed by atoms with E-state index < -0.39 is 29.6 Å². The first-order valence-corrected chi connectivity index (χ1v) is 8.13. The molecule has 3 rings (SSSR count). The lowest BCUT2D eigenvalue weighted by Gasteiger charge is -2.16. The number of urea groups is 1. The summed E-state index contributed by atoms with van der Waals surface area (Å²) in [6.45, 7) is 0.212. The number of hydrogen-bond donors (Lipinski definition) is 1. The third-order valence-electron chi connectivity index (χ3n) is 3.14. The van der Waals surface area contributed by atoms with Crippen molar-refractivity contribution >= 4 is 52.3 Å². The molecule has 0 radical (unpaired) electrons. The molecule has 0 spiro atoms. The maximum Gasteiger partial charge on any atom is 0.324 e. The van der Waals surface area contributed by atoms with Gasteiger partial charge >= 0.3 is 6.03 Å². The maximum absolute atomic E-state index is 12.2. The van der Waals surface area contributed by atoms with E-state index in [-0.39, 0.29) is 11.4 Å². The van der Waals surface area contributed by atoms with Crippen LogP contribution in [-0.4, -0.2) is 52.5 Å². The van der Waals surface area contributed by atoms with Crippen molar-refractivity contribution in [3.05, 3.63) is 27.3 Å². The maximum atomic E-state index is 12.2. The van der Waals surface area contributed by atoms with Crippen molar-refractivity contribution in [1.29, 1.82) is 0 Å². The summed E-state index contributed by atoms with van der Waals surface area (Å²) in [5.41, 5.74) is 0. The van der Waals surface area contributed by atoms with Gasteiger partial charge in [-0.15, -0.1) is 11.3 Å². The minimum atomic E-state index is -0.560. The smallest absolute Gasteiger partial charge is 0.324 e. The Balaban J connectivity index is 1.72. The van der Waals surface area contributed by atoms with Gasteiger partial charge in [-0.05, 0) is 29.3 Å². The van der Waals surface area contributed by atoms with E-state index in [1.165, 1.54) is 11.3 Å². The molecule has 1 aromatic heterocycles. The molecule has 2 aliphatic rings. The van der Waals surface area contributed by atoms with Crippen LogP contribution in [0.5, 0.6) is 0 Å². The second kappa shape index (κ2) is 5.93. The molecule has 2 fully saturated rings. The number of nitrogens with one attached hydrogen (secondary N) is 1. The van der Waals surface area contributed by atoms with Gasteiger partial charge in [-0.2, -0.15) is 0 Å². The van der Waals surface area contributed by atoms with E-state index in [4.69, 9.17) is 0 Å². The first kappa shape index (κ1) is 14.8. The third kappa shape index (κ3) is 2.77. The van der Waals surface area contributed by atoms with Crippen LogP contribution in [0.3, 0.4) is 0 Å². The highest BCUT2D eigenvalue weighted by Crippen LogP contribution is 2.32. The molecule has 2 aliphatic heterocycles. The average Bonchev–Trinajstić information content (AvgIpc) is 3.18. The van der Waals surface area contributed by atoms with Gasteiger partial charge in [0.1, 0.15) is 6.54 Å². The monoisotopic (exact) mass is 337 g/mol. The van der Waals surface area contributed by atoms with Gasteiger partial charge in [0.25, 0.3) is 17.1 Å². The van der Waals surface area contributed by atoms with Gasteiger partial charge < -0.3 is 5.32 Å². The molecule has 0 unspecified atom stereocenters. The van der Waals surface area contributed by atoms with Gasteiger partial charge in [0.15, 0.2) is 0 Å². The number of thioether (sulfide) groups is 1. The number of nitrogens with zero attached hydrogens (tertiary/aromatic N) is 2. The summed E-state index contributed by atoms with van der Waals surface area (Å²) >= 11 is 2.25. The molecule has 114 valence electrons. The SMILES string of the molecule is O=C(CN1C(=O)S/C(=C\c2cccs2)C1=O)N1CCNC1=O. The summed E-state index contributed by atoms with van der Waals surface area (Å²) in [5, 5.41) is 3.87. The Kier molecular flexibility index (Phi) is 3.99. The van der Waals surface area contributed by atoms with E-state index in [0.717, 1.165) is 26.4 Å². The van der Waals surface area contributed by atoms with Crippen LogP contribution in [0.15, 0.2) is 22.4 Å². The molecule has 9 heteroatoms. The van der Waals surface area contributed by atoms with E-state index in [1.807, 2.05) is 17.5 Å². The summed E-state index contributed by atoms with van der Waals surface area (Å²) in [5.74, 6) is -1.06. The Labute approximate surface area is 133 Å². The Hall–Kier alpha value is -2.13. The highest BCUT2D eigenvalue weighted by molar-refractivity contribution is 8.18. The highest BCUT2D eigenvalue weighted by Gasteiger charge is 2.38. The Morgan fingerprint density at radius 3 is 2.82 bits per heavy atom. The minimum Gasteiger partial charge on any atom is -0.336 e. The molecular formula is C13H11N3O4S2. The van der Waals surface area contributed by atoms with E-state index in [2.05, 4.69) is 5.32 Å². The lowest BCUT2D eigenvalue weighted by Crippen LogP contribution is -2.43. The summed E-state index contributed by atoms with van der Waals surface area (Å²) in [6.07, 6.45) is 1.63. The first-order valence-electron chi connectivity index (χ1n) is 6.43. The molecule has 5 amide bonds. The summed E-state index contributed by atoms with van der Waals surface area (Å²) in [6, 6.07) is 3.18. The fourth-order valence-corrected chi connectivity index (χ4v) is 3.63. The number of rotatable bonds is 3. The van der Waals surface area contributed by atoms with Crippen LogP contribution in [0.1, 0.15) is 4.88 Å². The zero-order valence-electron chi connectivity index (χ0n) is 11.3. The van der Waals surface area contributed by atoms with Gasteiger partial charge in [0, 0.05) is 18.0 Å². The van der Waals surface area contributed by atoms with Gasteiger partial charge in [0.05, 0.1) is 4.91 Å². The van der Waals surface area contributed by atoms with E-state index in [9.17, 15) is 19.2 Å². The number of carbonyl (C=O) groups excluding carboxylic acids is 4. The first-order chi connectivity index (χ1) is 10.6. The molecule has 3 heterocycles. The van der Waals surface area contributed by atoms with Crippen LogP contribution in [0.4, 0.5) is 9.59 Å². The van der Waals surface area contributed by atoms with Gasteiger partial charge in [-0.1, -0.05) is 6.07 Å². The average molecular weight is 337 g/mol. The van der Waals surface area contributed by atoms with Crippen LogP contribution in [0, 0.1) is 0 Å². The Morgan fingerprint density at radius 2 is 2.18 bits per heavy atom. The van der Waals surface area contributed by atoms with Crippen molar-refractivity contribution < 1.29 is 19.2 Å². The normalized spacial score (nSPS) is 20.2. The van der Waals surface area contributed by atoms with Crippen molar-refractivity contribution in [1.82, 2.24) is 15.1 Å². The lowest BCUT2D eigenvalue weighted by molar-refractivity contribution is -0.133. The second-order valence-electron chi connectivity index (χ2n) is 4.56. The molecular weight excluding hydrogens is 326 g/mol. The number of imide groups is 2. The molecule has 2 saturated heterocycles. The third-order valence-corrected chi connectivity index (χ3v) is 4.87. The lowest BCUT2D eigenvalue weighted by atomic mass is 10.3. The van der Waals surface area contributed by atoms with Gasteiger partial charge in [0.2, 0.25) is 0 Å². The van der Waals surface area contributed by atoms with Crippen LogP contribution in [0.2, 0.25) is 0 Å². The van der Waals surface area contributed by atoms with Crippen molar-refractivity contribution in [3.63, 3.8) is 0 Å². The van der Waals surface area contributed by atoms with E-state index in [1.54, 1.807) is 6.08 Å². The molecule has 0 aromatic carbocycles. The molecule has 22 heavy (non-hydrogen) atoms. The summed E-state index contributed by atoms with van der Waals surface area (Å²) in [7, 11) is 0. The molecule has 7 nitrogen and oxygen atoms in total. The van der Waals surface area contributed by atoms with E-state index in [0.29, 0.717) is 6.54 Å². The van der Waals surface area contributed by atoms with Crippen LogP contribution in [-0.2, 0) is 9.59 Å². The van der Waals surface area contributed by atoms with Crippen LogP contribution < -0.4 is 5.32 Å². The van der Waals surface area contributed by atoms with Crippen LogP contribution >= 0.6 is 23.1 Å². The van der Waals surface area contributed by atoms with Crippen molar-refractivity contribution in [2.45, 2.75) is 0 Å². The molecule has 0 atom stereocenters. The van der Waals surface area contributed by atoms with Crippen molar-refractivity contribution in [2.24, 2.45) is 0 Å². The highest BCUT2D eigenvalue weighted by atomic mass is 32.2. The zero-order chi connectivity index (χ0) is 15.7. The van der Waals surface area contributed by atoms with E-state index >= 15 is 0 Å². The number of hydrogen-bond acceptors (Lipinski definition) is 6. The number of carbonyl (C=O) groups is 4. The topological polar surface area (TPSA) is 86.8 Å². The number of thiophene rings is 1. The Morgan fingerprint density at radius 1 is 1.36 bits per heavy atom. The van der Waals surface area contributed by atoms with Crippen molar-refractivity contribution in [3.8, 4) is 0 Å². The summed E-state index contributed by atoms with van der Waals surface area (Å²) < 4.78 is 0. The second-order valence-corrected chi connectivity index (χ2v) is 6.53. The van der Waals surface area contributed by atoms with Gasteiger partial charge in [-0.25, -0.2) is 4.79 Å². The fourth-order valence-electron chi connectivity index (χ4n) is 2.07. The van der Waals surface area contributed by atoms with Crippen LogP contribution in [0.25, 0.3) is 6.08 Å².